The Hall–Kier alpha value is -1.90. The van der Waals surface area contributed by atoms with Crippen molar-refractivity contribution in [3.63, 3.8) is 0 Å². The molecule has 2 amide bonds. The highest BCUT2D eigenvalue weighted by Crippen LogP contribution is 2.21. The van der Waals surface area contributed by atoms with Crippen LogP contribution in [0, 0.1) is 5.82 Å². The largest absolute Gasteiger partial charge is 0.471 e. The van der Waals surface area contributed by atoms with Crippen molar-refractivity contribution in [2.24, 2.45) is 0 Å². The number of carbonyl (C=O) groups excluding carboxylic acids is 2. The zero-order valence-electron chi connectivity index (χ0n) is 10.8. The maximum absolute atomic E-state index is 12.8. The zero-order chi connectivity index (χ0) is 16.4. The van der Waals surface area contributed by atoms with E-state index in [1.165, 1.54) is 5.32 Å². The Morgan fingerprint density at radius 1 is 1.24 bits per heavy atom. The third-order valence-electron chi connectivity index (χ3n) is 2.29. The van der Waals surface area contributed by atoms with Crippen LogP contribution in [0.25, 0.3) is 0 Å². The molecule has 0 aliphatic carbocycles. The number of anilines is 1. The van der Waals surface area contributed by atoms with Gasteiger partial charge in [-0.15, -0.1) is 0 Å². The van der Waals surface area contributed by atoms with Crippen molar-refractivity contribution in [2.45, 2.75) is 25.6 Å². The molecule has 2 N–H and O–H groups in total. The number of amides is 2. The van der Waals surface area contributed by atoms with Crippen molar-refractivity contribution < 1.29 is 27.2 Å². The fraction of sp³-hybridized carbons (Fsp3) is 0.364. The minimum Gasteiger partial charge on any atom is -0.334 e. The molecule has 0 saturated carbocycles. The number of rotatable bonds is 3. The second-order valence-corrected chi connectivity index (χ2v) is 4.92. The van der Waals surface area contributed by atoms with E-state index >= 15 is 0 Å². The summed E-state index contributed by atoms with van der Waals surface area (Å²) in [5, 5.41) is 3.40. The maximum atomic E-state index is 12.8. The molecule has 0 fully saturated rings. The topological polar surface area (TPSA) is 71.1 Å². The zero-order valence-corrected chi connectivity index (χ0v) is 11.6. The smallest absolute Gasteiger partial charge is 0.334 e. The quantitative estimate of drug-likeness (QED) is 0.837. The van der Waals surface area contributed by atoms with Gasteiger partial charge in [-0.05, 0) is 19.9 Å². The summed E-state index contributed by atoms with van der Waals surface area (Å²) in [6.45, 7) is 2.12. The summed E-state index contributed by atoms with van der Waals surface area (Å²) in [6, 6.07) is 0.867. The molecule has 5 nitrogen and oxygen atoms in total. The molecule has 0 bridgehead atoms. The van der Waals surface area contributed by atoms with Crippen LogP contribution in [0.15, 0.2) is 12.3 Å². The standard InChI is InChI=1S/C11H10ClF4N3O2/c1-10(2,19-9(21)11(14,15)16)8(20)18-7-6(12)3-5(13)4-17-7/h3-4H,1-2H3,(H,19,21)(H,17,18,20). The van der Waals surface area contributed by atoms with Gasteiger partial charge in [0.25, 0.3) is 5.91 Å². The first-order valence-electron chi connectivity index (χ1n) is 5.45. The fourth-order valence-electron chi connectivity index (χ4n) is 1.18. The molecular weight excluding hydrogens is 318 g/mol. The molecule has 1 aromatic rings. The van der Waals surface area contributed by atoms with Gasteiger partial charge >= 0.3 is 12.1 Å². The Labute approximate surface area is 121 Å². The van der Waals surface area contributed by atoms with E-state index in [-0.39, 0.29) is 10.8 Å². The number of pyridine rings is 1. The van der Waals surface area contributed by atoms with E-state index in [9.17, 15) is 27.2 Å². The Morgan fingerprint density at radius 3 is 2.29 bits per heavy atom. The van der Waals surface area contributed by atoms with Crippen LogP contribution >= 0.6 is 11.6 Å². The van der Waals surface area contributed by atoms with Gasteiger partial charge in [0, 0.05) is 0 Å². The summed E-state index contributed by atoms with van der Waals surface area (Å²) >= 11 is 5.62. The van der Waals surface area contributed by atoms with E-state index in [0.29, 0.717) is 0 Å². The fourth-order valence-corrected chi connectivity index (χ4v) is 1.38. The number of alkyl halides is 3. The van der Waals surface area contributed by atoms with Crippen LogP contribution < -0.4 is 10.6 Å². The Kier molecular flexibility index (Phi) is 4.77. The van der Waals surface area contributed by atoms with Crippen LogP contribution in [0.3, 0.4) is 0 Å². The molecule has 1 aromatic heterocycles. The minimum atomic E-state index is -5.12. The second-order valence-electron chi connectivity index (χ2n) is 4.51. The summed E-state index contributed by atoms with van der Waals surface area (Å²) in [5.74, 6) is -4.25. The number of halogens is 5. The van der Waals surface area contributed by atoms with E-state index < -0.39 is 29.3 Å². The Morgan fingerprint density at radius 2 is 1.81 bits per heavy atom. The summed E-state index contributed by atoms with van der Waals surface area (Å²) in [5.41, 5.74) is -1.88. The number of nitrogens with one attached hydrogen (secondary N) is 2. The number of nitrogens with zero attached hydrogens (tertiary/aromatic N) is 1. The van der Waals surface area contributed by atoms with Gasteiger partial charge < -0.3 is 10.6 Å². The van der Waals surface area contributed by atoms with Crippen molar-refractivity contribution in [3.8, 4) is 0 Å². The highest BCUT2D eigenvalue weighted by molar-refractivity contribution is 6.33. The lowest BCUT2D eigenvalue weighted by atomic mass is 10.0. The highest BCUT2D eigenvalue weighted by Gasteiger charge is 2.43. The summed E-state index contributed by atoms with van der Waals surface area (Å²) in [4.78, 5) is 26.2. The number of hydrogen-bond donors (Lipinski definition) is 2. The lowest BCUT2D eigenvalue weighted by molar-refractivity contribution is -0.175. The van der Waals surface area contributed by atoms with Gasteiger partial charge in [0.1, 0.15) is 11.4 Å². The van der Waals surface area contributed by atoms with Gasteiger partial charge in [0.2, 0.25) is 0 Å². The average Bonchev–Trinajstić information content (AvgIpc) is 2.30. The molecule has 1 heterocycles. The van der Waals surface area contributed by atoms with Crippen molar-refractivity contribution in [1.82, 2.24) is 10.3 Å². The SMILES string of the molecule is CC(C)(NC(=O)C(F)(F)F)C(=O)Nc1ncc(F)cc1Cl. The van der Waals surface area contributed by atoms with Gasteiger partial charge in [-0.1, -0.05) is 11.6 Å². The Balaban J connectivity index is 2.84. The first kappa shape index (κ1) is 17.2. The number of hydrogen-bond acceptors (Lipinski definition) is 3. The maximum Gasteiger partial charge on any atom is 0.471 e. The molecule has 0 aromatic carbocycles. The first-order valence-corrected chi connectivity index (χ1v) is 5.83. The third-order valence-corrected chi connectivity index (χ3v) is 2.58. The van der Waals surface area contributed by atoms with Gasteiger partial charge in [0.15, 0.2) is 5.82 Å². The molecular formula is C11H10ClF4N3O2. The molecule has 0 aliphatic rings. The average molecular weight is 328 g/mol. The molecule has 0 aliphatic heterocycles. The van der Waals surface area contributed by atoms with Crippen molar-refractivity contribution in [3.05, 3.63) is 23.1 Å². The van der Waals surface area contributed by atoms with Crippen LogP contribution in [0.5, 0.6) is 0 Å². The number of carbonyl (C=O) groups is 2. The summed E-state index contributed by atoms with van der Waals surface area (Å²) in [6.07, 6.45) is -4.36. The summed E-state index contributed by atoms with van der Waals surface area (Å²) < 4.78 is 49.3. The van der Waals surface area contributed by atoms with Crippen molar-refractivity contribution in [2.75, 3.05) is 5.32 Å². The highest BCUT2D eigenvalue weighted by atomic mass is 35.5. The van der Waals surface area contributed by atoms with E-state index in [2.05, 4.69) is 10.3 Å². The second kappa shape index (κ2) is 5.84. The molecule has 1 rings (SSSR count). The van der Waals surface area contributed by atoms with Gasteiger partial charge in [-0.3, -0.25) is 9.59 Å². The predicted molar refractivity (Wildman–Crippen MR) is 66.1 cm³/mol. The van der Waals surface area contributed by atoms with Crippen LogP contribution in [0.4, 0.5) is 23.4 Å². The number of aromatic nitrogens is 1. The van der Waals surface area contributed by atoms with Crippen LogP contribution in [0.1, 0.15) is 13.8 Å². The first-order chi connectivity index (χ1) is 9.43. The molecule has 10 heteroatoms. The molecule has 21 heavy (non-hydrogen) atoms. The lowest BCUT2D eigenvalue weighted by Gasteiger charge is -2.25. The molecule has 0 spiro atoms. The normalized spacial score (nSPS) is 12.0. The van der Waals surface area contributed by atoms with Gasteiger partial charge in [-0.25, -0.2) is 9.37 Å². The third kappa shape index (κ3) is 4.55. The van der Waals surface area contributed by atoms with Gasteiger partial charge in [-0.2, -0.15) is 13.2 Å². The van der Waals surface area contributed by atoms with Crippen LogP contribution in [-0.4, -0.2) is 28.5 Å². The molecule has 0 radical (unpaired) electrons. The minimum absolute atomic E-state index is 0.235. The van der Waals surface area contributed by atoms with E-state index in [0.717, 1.165) is 26.1 Å². The van der Waals surface area contributed by atoms with Crippen LogP contribution in [-0.2, 0) is 9.59 Å². The lowest BCUT2D eigenvalue weighted by Crippen LogP contribution is -2.55. The molecule has 116 valence electrons. The predicted octanol–water partition coefficient (Wildman–Crippen LogP) is 2.27. The van der Waals surface area contributed by atoms with Crippen molar-refractivity contribution in [1.29, 1.82) is 0 Å². The summed E-state index contributed by atoms with van der Waals surface area (Å²) in [7, 11) is 0. The molecule has 0 unspecified atom stereocenters. The van der Waals surface area contributed by atoms with Gasteiger partial charge in [0.05, 0.1) is 11.2 Å². The van der Waals surface area contributed by atoms with E-state index in [1.807, 2.05) is 0 Å². The van der Waals surface area contributed by atoms with E-state index in [4.69, 9.17) is 11.6 Å². The Bertz CT molecular complexity index is 575. The van der Waals surface area contributed by atoms with Crippen LogP contribution in [0.2, 0.25) is 5.02 Å². The van der Waals surface area contributed by atoms with Crippen molar-refractivity contribution >= 4 is 29.2 Å². The van der Waals surface area contributed by atoms with E-state index in [1.54, 1.807) is 0 Å². The molecule has 0 atom stereocenters. The molecule has 0 saturated heterocycles. The monoisotopic (exact) mass is 327 g/mol.